The molecule has 3 atom stereocenters. The van der Waals surface area contributed by atoms with Crippen LogP contribution in [0, 0.1) is 17.8 Å². The van der Waals surface area contributed by atoms with Gasteiger partial charge in [0.15, 0.2) is 0 Å². The Hall–Kier alpha value is -0.800. The van der Waals surface area contributed by atoms with E-state index in [9.17, 15) is 0 Å². The van der Waals surface area contributed by atoms with Crippen molar-refractivity contribution in [1.82, 2.24) is 5.43 Å². The van der Waals surface area contributed by atoms with Crippen molar-refractivity contribution in [3.05, 3.63) is 24.2 Å². The molecule has 1 aromatic heterocycles. The molecule has 1 heterocycles. The van der Waals surface area contributed by atoms with Crippen LogP contribution in [0.5, 0.6) is 0 Å². The fourth-order valence-electron chi connectivity index (χ4n) is 3.42. The van der Waals surface area contributed by atoms with Crippen molar-refractivity contribution >= 4 is 0 Å². The molecule has 1 aromatic rings. The molecule has 0 radical (unpaired) electrons. The van der Waals surface area contributed by atoms with E-state index >= 15 is 0 Å². The lowest BCUT2D eigenvalue weighted by Crippen LogP contribution is -2.30. The Bertz CT molecular complexity index is 310. The average Bonchev–Trinajstić information content (AvgIpc) is 2.74. The Balaban J connectivity index is 1.75. The second kappa shape index (κ2) is 3.65. The van der Waals surface area contributed by atoms with Crippen molar-refractivity contribution in [1.29, 1.82) is 0 Å². The number of fused-ring (bicyclic) bond motifs is 1. The summed E-state index contributed by atoms with van der Waals surface area (Å²) >= 11 is 0. The van der Waals surface area contributed by atoms with Gasteiger partial charge in [0, 0.05) is 5.56 Å². The standard InChI is InChI=1S/C12H18N2O/c13-14-12(8-5-6-15-7-8)11-9-3-1-2-4-10(9)11/h5-7,9-12,14H,1-4,13H2. The fourth-order valence-corrected chi connectivity index (χ4v) is 3.42. The van der Waals surface area contributed by atoms with Gasteiger partial charge in [-0.1, -0.05) is 12.8 Å². The number of hydrogen-bond acceptors (Lipinski definition) is 3. The first-order valence-corrected chi connectivity index (χ1v) is 5.90. The van der Waals surface area contributed by atoms with Crippen LogP contribution in [0.1, 0.15) is 37.3 Å². The van der Waals surface area contributed by atoms with Crippen molar-refractivity contribution in [3.8, 4) is 0 Å². The second-order valence-corrected chi connectivity index (χ2v) is 4.89. The highest BCUT2D eigenvalue weighted by atomic mass is 16.3. The third kappa shape index (κ3) is 1.50. The first kappa shape index (κ1) is 9.43. The van der Waals surface area contributed by atoms with Crippen LogP contribution in [-0.4, -0.2) is 0 Å². The van der Waals surface area contributed by atoms with Crippen LogP contribution in [0.15, 0.2) is 23.0 Å². The quantitative estimate of drug-likeness (QED) is 0.589. The smallest absolute Gasteiger partial charge is 0.0950 e. The van der Waals surface area contributed by atoms with E-state index in [-0.39, 0.29) is 0 Å². The van der Waals surface area contributed by atoms with Gasteiger partial charge >= 0.3 is 0 Å². The van der Waals surface area contributed by atoms with Gasteiger partial charge in [-0.15, -0.1) is 0 Å². The van der Waals surface area contributed by atoms with E-state index in [0.717, 1.165) is 17.8 Å². The molecule has 3 heteroatoms. The molecule has 82 valence electrons. The molecule has 3 rings (SSSR count). The summed E-state index contributed by atoms with van der Waals surface area (Å²) in [6, 6.07) is 2.33. The molecule has 2 fully saturated rings. The highest BCUT2D eigenvalue weighted by molar-refractivity contribution is 5.18. The van der Waals surface area contributed by atoms with Crippen LogP contribution in [0.4, 0.5) is 0 Å². The van der Waals surface area contributed by atoms with Crippen molar-refractivity contribution in [2.75, 3.05) is 0 Å². The molecule has 2 aliphatic carbocycles. The van der Waals surface area contributed by atoms with Gasteiger partial charge in [-0.2, -0.15) is 0 Å². The molecule has 0 spiro atoms. The normalized spacial score (nSPS) is 35.9. The van der Waals surface area contributed by atoms with Gasteiger partial charge in [-0.3, -0.25) is 11.3 Å². The van der Waals surface area contributed by atoms with Crippen LogP contribution in [0.25, 0.3) is 0 Å². The maximum Gasteiger partial charge on any atom is 0.0950 e. The average molecular weight is 206 g/mol. The minimum Gasteiger partial charge on any atom is -0.472 e. The Morgan fingerprint density at radius 2 is 2.07 bits per heavy atom. The van der Waals surface area contributed by atoms with Crippen molar-refractivity contribution < 1.29 is 4.42 Å². The molecule has 3 nitrogen and oxygen atoms in total. The zero-order valence-corrected chi connectivity index (χ0v) is 8.86. The largest absolute Gasteiger partial charge is 0.472 e. The molecule has 2 aliphatic rings. The molecule has 15 heavy (non-hydrogen) atoms. The lowest BCUT2D eigenvalue weighted by molar-refractivity contribution is 0.449. The zero-order valence-electron chi connectivity index (χ0n) is 8.86. The minimum absolute atomic E-state index is 0.303. The molecule has 0 saturated heterocycles. The Morgan fingerprint density at radius 3 is 2.60 bits per heavy atom. The number of hydrazine groups is 1. The Morgan fingerprint density at radius 1 is 1.33 bits per heavy atom. The lowest BCUT2D eigenvalue weighted by atomic mass is 10.0. The topological polar surface area (TPSA) is 51.2 Å². The van der Waals surface area contributed by atoms with E-state index in [1.54, 1.807) is 6.26 Å². The van der Waals surface area contributed by atoms with Crippen LogP contribution < -0.4 is 11.3 Å². The summed E-state index contributed by atoms with van der Waals surface area (Å²) in [4.78, 5) is 0. The highest BCUT2D eigenvalue weighted by Gasteiger charge is 2.54. The molecular formula is C12H18N2O. The van der Waals surface area contributed by atoms with Gasteiger partial charge in [-0.05, 0) is 36.7 Å². The Kier molecular flexibility index (Phi) is 2.29. The Labute approximate surface area is 90.0 Å². The summed E-state index contributed by atoms with van der Waals surface area (Å²) in [5.74, 6) is 8.24. The fraction of sp³-hybridized carbons (Fsp3) is 0.667. The van der Waals surface area contributed by atoms with E-state index in [1.807, 2.05) is 12.3 Å². The van der Waals surface area contributed by atoms with E-state index < -0.39 is 0 Å². The summed E-state index contributed by atoms with van der Waals surface area (Å²) in [5.41, 5.74) is 4.17. The van der Waals surface area contributed by atoms with Crippen LogP contribution in [0.2, 0.25) is 0 Å². The predicted octanol–water partition coefficient (Wildman–Crippen LogP) is 2.22. The summed E-state index contributed by atoms with van der Waals surface area (Å²) in [5, 5.41) is 0. The molecule has 0 aliphatic heterocycles. The third-order valence-corrected chi connectivity index (χ3v) is 4.19. The number of nitrogens with two attached hydrogens (primary N) is 1. The molecule has 0 aromatic carbocycles. The minimum atomic E-state index is 0.303. The summed E-state index contributed by atoms with van der Waals surface area (Å²) in [6.07, 6.45) is 9.14. The number of hydrogen-bond donors (Lipinski definition) is 2. The predicted molar refractivity (Wildman–Crippen MR) is 57.7 cm³/mol. The summed E-state index contributed by atoms with van der Waals surface area (Å²) < 4.78 is 5.13. The molecule has 3 N–H and O–H groups in total. The summed E-state index contributed by atoms with van der Waals surface area (Å²) in [7, 11) is 0. The van der Waals surface area contributed by atoms with E-state index in [4.69, 9.17) is 10.3 Å². The van der Waals surface area contributed by atoms with Crippen molar-refractivity contribution in [2.45, 2.75) is 31.7 Å². The van der Waals surface area contributed by atoms with Crippen LogP contribution in [0.3, 0.4) is 0 Å². The highest BCUT2D eigenvalue weighted by Crippen LogP contribution is 2.60. The van der Waals surface area contributed by atoms with Gasteiger partial charge < -0.3 is 4.42 Å². The molecule has 2 saturated carbocycles. The van der Waals surface area contributed by atoms with Crippen LogP contribution in [-0.2, 0) is 0 Å². The van der Waals surface area contributed by atoms with Crippen molar-refractivity contribution in [3.63, 3.8) is 0 Å². The van der Waals surface area contributed by atoms with Gasteiger partial charge in [0.05, 0.1) is 18.6 Å². The second-order valence-electron chi connectivity index (χ2n) is 4.89. The number of furan rings is 1. The molecular weight excluding hydrogens is 188 g/mol. The SMILES string of the molecule is NNC(c1ccoc1)C1C2CCCCC21. The van der Waals surface area contributed by atoms with E-state index in [1.165, 1.54) is 31.2 Å². The van der Waals surface area contributed by atoms with Gasteiger partial charge in [0.25, 0.3) is 0 Å². The van der Waals surface area contributed by atoms with Gasteiger partial charge in [-0.25, -0.2) is 0 Å². The lowest BCUT2D eigenvalue weighted by Gasteiger charge is -2.13. The first-order chi connectivity index (χ1) is 7.42. The third-order valence-electron chi connectivity index (χ3n) is 4.19. The number of nitrogens with one attached hydrogen (secondary N) is 1. The summed E-state index contributed by atoms with van der Waals surface area (Å²) in [6.45, 7) is 0. The number of rotatable bonds is 3. The van der Waals surface area contributed by atoms with E-state index in [0.29, 0.717) is 6.04 Å². The molecule has 3 unspecified atom stereocenters. The van der Waals surface area contributed by atoms with E-state index in [2.05, 4.69) is 5.43 Å². The maximum atomic E-state index is 5.67. The first-order valence-electron chi connectivity index (χ1n) is 5.90. The van der Waals surface area contributed by atoms with Crippen LogP contribution >= 0.6 is 0 Å². The zero-order chi connectivity index (χ0) is 10.3. The van der Waals surface area contributed by atoms with Gasteiger partial charge in [0.1, 0.15) is 0 Å². The van der Waals surface area contributed by atoms with Crippen molar-refractivity contribution in [2.24, 2.45) is 23.6 Å². The maximum absolute atomic E-state index is 5.67. The monoisotopic (exact) mass is 206 g/mol. The molecule has 0 amide bonds. The molecule has 0 bridgehead atoms. The van der Waals surface area contributed by atoms with Gasteiger partial charge in [0.2, 0.25) is 0 Å².